The average Bonchev–Trinajstić information content (AvgIpc) is 3.23. The lowest BCUT2D eigenvalue weighted by molar-refractivity contribution is 0.385. The molecular formula is C18H16N4O2. The second-order valence-corrected chi connectivity index (χ2v) is 5.60. The zero-order valence-electron chi connectivity index (χ0n) is 13.4. The monoisotopic (exact) mass is 320 g/mol. The summed E-state index contributed by atoms with van der Waals surface area (Å²) < 4.78 is 12.5. The van der Waals surface area contributed by atoms with Gasteiger partial charge in [-0.15, -0.1) is 0 Å². The van der Waals surface area contributed by atoms with Crippen LogP contribution in [0.1, 0.15) is 11.5 Å². The van der Waals surface area contributed by atoms with Crippen molar-refractivity contribution < 1.29 is 9.26 Å². The quantitative estimate of drug-likeness (QED) is 0.577. The number of fused-ring (bicyclic) bond motifs is 1. The van der Waals surface area contributed by atoms with Crippen LogP contribution in [0.3, 0.4) is 0 Å². The third-order valence-corrected chi connectivity index (χ3v) is 3.97. The molecule has 0 aliphatic rings. The molecule has 0 fully saturated rings. The molecule has 0 saturated carbocycles. The summed E-state index contributed by atoms with van der Waals surface area (Å²) in [5, 5.41) is 4.10. The lowest BCUT2D eigenvalue weighted by atomic mass is 10.1. The third kappa shape index (κ3) is 2.62. The van der Waals surface area contributed by atoms with Gasteiger partial charge in [0.05, 0.1) is 30.9 Å². The number of hydrogen-bond acceptors (Lipinski definition) is 5. The number of rotatable bonds is 4. The number of aromatic nitrogens is 4. The number of methoxy groups -OCH3 is 1. The fraction of sp³-hybridized carbons (Fsp3) is 0.167. The van der Waals surface area contributed by atoms with Crippen LogP contribution in [-0.4, -0.2) is 26.8 Å². The zero-order chi connectivity index (χ0) is 16.5. The SMILES string of the molecule is COc1ccc(Cc2nc(-c3ccc4ncn(C)c4c3)no2)cc1. The van der Waals surface area contributed by atoms with Crippen LogP contribution in [0.2, 0.25) is 0 Å². The van der Waals surface area contributed by atoms with Gasteiger partial charge in [0.2, 0.25) is 11.7 Å². The maximum atomic E-state index is 5.39. The van der Waals surface area contributed by atoms with E-state index < -0.39 is 0 Å². The highest BCUT2D eigenvalue weighted by molar-refractivity contribution is 5.80. The second-order valence-electron chi connectivity index (χ2n) is 5.60. The molecule has 2 aromatic carbocycles. The molecule has 24 heavy (non-hydrogen) atoms. The first-order chi connectivity index (χ1) is 11.7. The van der Waals surface area contributed by atoms with Crippen LogP contribution in [0, 0.1) is 0 Å². The third-order valence-electron chi connectivity index (χ3n) is 3.97. The van der Waals surface area contributed by atoms with Gasteiger partial charge in [-0.25, -0.2) is 4.98 Å². The van der Waals surface area contributed by atoms with Crippen LogP contribution in [0.15, 0.2) is 53.3 Å². The second kappa shape index (κ2) is 5.81. The Hall–Kier alpha value is -3.15. The van der Waals surface area contributed by atoms with Crippen molar-refractivity contribution in [3.63, 3.8) is 0 Å². The van der Waals surface area contributed by atoms with Crippen LogP contribution in [0.4, 0.5) is 0 Å². The summed E-state index contributed by atoms with van der Waals surface area (Å²) in [4.78, 5) is 8.82. The topological polar surface area (TPSA) is 66.0 Å². The molecule has 0 spiro atoms. The molecule has 0 aliphatic carbocycles. The van der Waals surface area contributed by atoms with Crippen LogP contribution in [0.25, 0.3) is 22.4 Å². The van der Waals surface area contributed by atoms with Crippen molar-refractivity contribution in [1.82, 2.24) is 19.7 Å². The summed E-state index contributed by atoms with van der Waals surface area (Å²) in [5.41, 5.74) is 3.99. The minimum Gasteiger partial charge on any atom is -0.497 e. The fourth-order valence-electron chi connectivity index (χ4n) is 2.63. The first-order valence-electron chi connectivity index (χ1n) is 7.60. The minimum atomic E-state index is 0.584. The molecule has 4 aromatic rings. The number of aryl methyl sites for hydroxylation is 1. The van der Waals surface area contributed by atoms with Crippen molar-refractivity contribution in [3.05, 3.63) is 60.2 Å². The number of imidazole rings is 1. The first-order valence-corrected chi connectivity index (χ1v) is 7.60. The van der Waals surface area contributed by atoms with Crippen molar-refractivity contribution in [3.8, 4) is 17.1 Å². The Kier molecular flexibility index (Phi) is 3.49. The van der Waals surface area contributed by atoms with Gasteiger partial charge in [0, 0.05) is 12.6 Å². The van der Waals surface area contributed by atoms with Crippen molar-refractivity contribution in [2.45, 2.75) is 6.42 Å². The van der Waals surface area contributed by atoms with E-state index in [2.05, 4.69) is 15.1 Å². The Balaban J connectivity index is 1.59. The van der Waals surface area contributed by atoms with Gasteiger partial charge in [-0.1, -0.05) is 17.3 Å². The Morgan fingerprint density at radius 1 is 1.12 bits per heavy atom. The molecule has 0 unspecified atom stereocenters. The molecule has 2 heterocycles. The standard InChI is InChI=1S/C18H16N4O2/c1-22-11-19-15-8-5-13(10-16(15)22)18-20-17(24-21-18)9-12-3-6-14(23-2)7-4-12/h3-8,10-11H,9H2,1-2H3. The smallest absolute Gasteiger partial charge is 0.231 e. The summed E-state index contributed by atoms with van der Waals surface area (Å²) in [6.45, 7) is 0. The Bertz CT molecular complexity index is 986. The molecule has 6 nitrogen and oxygen atoms in total. The van der Waals surface area contributed by atoms with Crippen molar-refractivity contribution in [2.24, 2.45) is 7.05 Å². The van der Waals surface area contributed by atoms with E-state index >= 15 is 0 Å². The lowest BCUT2D eigenvalue weighted by Gasteiger charge is -2.00. The van der Waals surface area contributed by atoms with Gasteiger partial charge in [-0.2, -0.15) is 4.98 Å². The van der Waals surface area contributed by atoms with Gasteiger partial charge in [0.1, 0.15) is 5.75 Å². The van der Waals surface area contributed by atoms with Crippen molar-refractivity contribution in [1.29, 1.82) is 0 Å². The molecule has 0 aliphatic heterocycles. The molecule has 0 radical (unpaired) electrons. The molecule has 2 aromatic heterocycles. The van der Waals surface area contributed by atoms with Gasteiger partial charge in [-0.3, -0.25) is 0 Å². The highest BCUT2D eigenvalue weighted by Gasteiger charge is 2.11. The number of ether oxygens (including phenoxy) is 1. The summed E-state index contributed by atoms with van der Waals surface area (Å²) in [7, 11) is 3.61. The van der Waals surface area contributed by atoms with Gasteiger partial charge in [0.25, 0.3) is 0 Å². The van der Waals surface area contributed by atoms with Crippen LogP contribution in [-0.2, 0) is 13.5 Å². The Morgan fingerprint density at radius 3 is 2.75 bits per heavy atom. The maximum Gasteiger partial charge on any atom is 0.231 e. The molecule has 0 N–H and O–H groups in total. The van der Waals surface area contributed by atoms with Gasteiger partial charge < -0.3 is 13.8 Å². The van der Waals surface area contributed by atoms with Gasteiger partial charge >= 0.3 is 0 Å². The number of hydrogen-bond donors (Lipinski definition) is 0. The summed E-state index contributed by atoms with van der Waals surface area (Å²) in [6.07, 6.45) is 2.38. The Morgan fingerprint density at radius 2 is 1.96 bits per heavy atom. The Labute approximate surface area is 138 Å². The number of benzene rings is 2. The predicted molar refractivity (Wildman–Crippen MR) is 89.8 cm³/mol. The molecule has 0 saturated heterocycles. The summed E-state index contributed by atoms with van der Waals surface area (Å²) in [6, 6.07) is 13.8. The molecule has 0 bridgehead atoms. The molecular weight excluding hydrogens is 304 g/mol. The molecule has 0 atom stereocenters. The number of nitrogens with zero attached hydrogens (tertiary/aromatic N) is 4. The van der Waals surface area contributed by atoms with Crippen molar-refractivity contribution in [2.75, 3.05) is 7.11 Å². The lowest BCUT2D eigenvalue weighted by Crippen LogP contribution is -1.90. The van der Waals surface area contributed by atoms with E-state index in [9.17, 15) is 0 Å². The molecule has 6 heteroatoms. The zero-order valence-corrected chi connectivity index (χ0v) is 13.4. The van der Waals surface area contributed by atoms with E-state index in [1.165, 1.54) is 0 Å². The predicted octanol–water partition coefficient (Wildman–Crippen LogP) is 3.22. The largest absolute Gasteiger partial charge is 0.497 e. The van der Waals surface area contributed by atoms with Gasteiger partial charge in [0.15, 0.2) is 0 Å². The molecule has 0 amide bonds. The highest BCUT2D eigenvalue weighted by Crippen LogP contribution is 2.22. The van der Waals surface area contributed by atoms with E-state index in [1.807, 2.05) is 54.1 Å². The maximum absolute atomic E-state index is 5.39. The van der Waals surface area contributed by atoms with Crippen LogP contribution < -0.4 is 4.74 Å². The molecule has 120 valence electrons. The van der Waals surface area contributed by atoms with E-state index in [-0.39, 0.29) is 0 Å². The van der Waals surface area contributed by atoms with Gasteiger partial charge in [-0.05, 0) is 35.9 Å². The minimum absolute atomic E-state index is 0.584. The normalized spacial score (nSPS) is 11.1. The first kappa shape index (κ1) is 14.4. The van der Waals surface area contributed by atoms with E-state index in [0.717, 1.165) is 27.9 Å². The van der Waals surface area contributed by atoms with Crippen molar-refractivity contribution >= 4 is 11.0 Å². The van der Waals surface area contributed by atoms with E-state index in [4.69, 9.17) is 9.26 Å². The van der Waals surface area contributed by atoms with E-state index in [0.29, 0.717) is 18.1 Å². The highest BCUT2D eigenvalue weighted by atomic mass is 16.5. The average molecular weight is 320 g/mol. The summed E-state index contributed by atoms with van der Waals surface area (Å²) >= 11 is 0. The van der Waals surface area contributed by atoms with E-state index in [1.54, 1.807) is 13.4 Å². The van der Waals surface area contributed by atoms with Crippen LogP contribution >= 0.6 is 0 Å². The summed E-state index contributed by atoms with van der Waals surface area (Å²) in [5.74, 6) is 2.00. The molecule has 4 rings (SSSR count). The fourth-order valence-corrected chi connectivity index (χ4v) is 2.63. The van der Waals surface area contributed by atoms with Crippen LogP contribution in [0.5, 0.6) is 5.75 Å².